The molecule has 0 fully saturated rings. The molecule has 0 spiro atoms. The number of rotatable bonds is 15. The number of amides is 2. The maximum Gasteiger partial charge on any atom is 0.345 e. The monoisotopic (exact) mass is 941 g/mol. The van der Waals surface area contributed by atoms with E-state index >= 15 is 0 Å². The Kier molecular flexibility index (Phi) is 19.0. The lowest BCUT2D eigenvalue weighted by Crippen LogP contribution is -2.36. The Morgan fingerprint density at radius 2 is 1.58 bits per heavy atom. The van der Waals surface area contributed by atoms with Crippen molar-refractivity contribution in [2.75, 3.05) is 45.2 Å². The van der Waals surface area contributed by atoms with Gasteiger partial charge in [-0.05, 0) is 36.4 Å². The number of ether oxygens (including phenoxy) is 4. The minimum Gasteiger partial charge on any atom is -0.481 e. The summed E-state index contributed by atoms with van der Waals surface area (Å²) in [7, 11) is -8.81. The fourth-order valence-corrected chi connectivity index (χ4v) is 7.34. The summed E-state index contributed by atoms with van der Waals surface area (Å²) in [5.74, 6) is -1.99. The van der Waals surface area contributed by atoms with Crippen LogP contribution in [-0.4, -0.2) is 109 Å². The quantitative estimate of drug-likeness (QED) is 0.0430. The van der Waals surface area contributed by atoms with Gasteiger partial charge in [0.2, 0.25) is 17.7 Å². The highest BCUT2D eigenvalue weighted by Gasteiger charge is 2.29. The van der Waals surface area contributed by atoms with Crippen LogP contribution in [-0.2, 0) is 34.0 Å². The van der Waals surface area contributed by atoms with Crippen molar-refractivity contribution in [1.82, 2.24) is 25.0 Å². The van der Waals surface area contributed by atoms with Gasteiger partial charge in [-0.2, -0.15) is 18.4 Å². The summed E-state index contributed by atoms with van der Waals surface area (Å²) in [5.41, 5.74) is -0.587. The SMILES string of the molecule is CCS(=O)(=O)c1cccnc1S(=O)(=O)NC(=O)Nc1nc(OC)cc(OC)n1.COC(=O)c1cc(Oc2ccc(Cl)cc2Cl)ccc1[N+](=O)[O-].O=C(O)CNCP(=O)(O)O. The molecule has 0 aliphatic heterocycles. The van der Waals surface area contributed by atoms with Crippen molar-refractivity contribution < 1.29 is 74.5 Å². The summed E-state index contributed by atoms with van der Waals surface area (Å²) in [5, 5.41) is 23.0. The summed E-state index contributed by atoms with van der Waals surface area (Å²) >= 11 is 11.8. The lowest BCUT2D eigenvalue weighted by molar-refractivity contribution is -0.385. The van der Waals surface area contributed by atoms with Gasteiger partial charge in [0.25, 0.3) is 15.7 Å². The van der Waals surface area contributed by atoms with Gasteiger partial charge in [-0.3, -0.25) is 30.1 Å². The number of aliphatic carboxylic acids is 1. The zero-order chi connectivity index (χ0) is 45.4. The number of sulfone groups is 1. The van der Waals surface area contributed by atoms with Crippen molar-refractivity contribution in [3.05, 3.63) is 86.5 Å². The van der Waals surface area contributed by atoms with Gasteiger partial charge in [-0.15, -0.1) is 0 Å². The van der Waals surface area contributed by atoms with E-state index in [2.05, 4.69) is 30.3 Å². The molecule has 2 aromatic carbocycles. The molecule has 0 bridgehead atoms. The Hall–Kier alpha value is -5.73. The van der Waals surface area contributed by atoms with E-state index in [9.17, 15) is 45.9 Å². The molecule has 4 aromatic rings. The van der Waals surface area contributed by atoms with Crippen LogP contribution >= 0.6 is 30.8 Å². The van der Waals surface area contributed by atoms with E-state index in [0.29, 0.717) is 10.8 Å². The third kappa shape index (κ3) is 16.1. The number of nitrogens with zero attached hydrogens (tertiary/aromatic N) is 4. The number of nitrogens with one attached hydrogen (secondary N) is 3. The Balaban J connectivity index is 0.000000344. The molecule has 326 valence electrons. The topological polar surface area (TPSA) is 352 Å². The number of sulfonamides is 1. The van der Waals surface area contributed by atoms with Crippen LogP contribution in [0.25, 0.3) is 0 Å². The Bertz CT molecular complexity index is 2450. The van der Waals surface area contributed by atoms with E-state index in [0.717, 1.165) is 25.4 Å². The predicted octanol–water partition coefficient (Wildman–Crippen LogP) is 3.47. The molecule has 2 aromatic heterocycles. The van der Waals surface area contributed by atoms with E-state index in [1.807, 2.05) is 0 Å². The van der Waals surface area contributed by atoms with Crippen molar-refractivity contribution in [3.8, 4) is 23.3 Å². The van der Waals surface area contributed by atoms with Crippen molar-refractivity contribution in [2.24, 2.45) is 0 Å². The number of hydrogen-bond donors (Lipinski definition) is 6. The summed E-state index contributed by atoms with van der Waals surface area (Å²) in [6.07, 6.45) is 0.497. The van der Waals surface area contributed by atoms with Crippen molar-refractivity contribution in [3.63, 3.8) is 0 Å². The Labute approximate surface area is 350 Å². The average Bonchev–Trinajstić information content (AvgIpc) is 3.17. The summed E-state index contributed by atoms with van der Waals surface area (Å²) in [6.45, 7) is 0.914. The molecule has 60 heavy (non-hydrogen) atoms. The van der Waals surface area contributed by atoms with Crippen molar-refractivity contribution >= 4 is 80.3 Å². The molecule has 0 atom stereocenters. The molecule has 2 heterocycles. The van der Waals surface area contributed by atoms with Crippen LogP contribution in [0.2, 0.25) is 10.0 Å². The number of carbonyl (C=O) groups is 3. The zero-order valence-electron chi connectivity index (χ0n) is 31.3. The largest absolute Gasteiger partial charge is 0.481 e. The van der Waals surface area contributed by atoms with Crippen LogP contribution in [0.4, 0.5) is 16.4 Å². The normalized spacial score (nSPS) is 11.0. The molecular formula is C31H34Cl2N7O17PS2. The van der Waals surface area contributed by atoms with Gasteiger partial charge >= 0.3 is 25.6 Å². The molecule has 4 rings (SSSR count). The second-order valence-corrected chi connectivity index (χ2v) is 17.1. The van der Waals surface area contributed by atoms with E-state index in [1.54, 1.807) is 16.9 Å². The number of nitro benzene ring substituents is 1. The molecule has 24 nitrogen and oxygen atoms in total. The highest BCUT2D eigenvalue weighted by Crippen LogP contribution is 2.34. The zero-order valence-corrected chi connectivity index (χ0v) is 35.3. The first-order valence-corrected chi connectivity index (χ1v) is 21.6. The number of esters is 1. The highest BCUT2D eigenvalue weighted by molar-refractivity contribution is 7.93. The Morgan fingerprint density at radius 1 is 0.950 bits per heavy atom. The number of aromatic nitrogens is 3. The number of benzene rings is 2. The molecule has 0 radical (unpaired) electrons. The second-order valence-electron chi connectivity index (χ2n) is 10.8. The van der Waals surface area contributed by atoms with Crippen LogP contribution in [0.5, 0.6) is 23.3 Å². The van der Waals surface area contributed by atoms with Gasteiger partial charge in [0.15, 0.2) is 14.9 Å². The van der Waals surface area contributed by atoms with Crippen molar-refractivity contribution in [2.45, 2.75) is 16.8 Å². The molecule has 6 N–H and O–H groups in total. The maximum atomic E-state index is 12.5. The predicted molar refractivity (Wildman–Crippen MR) is 210 cm³/mol. The number of hydrogen-bond acceptors (Lipinski definition) is 18. The molecule has 2 amide bonds. The van der Waals surface area contributed by atoms with Crippen LogP contribution in [0, 0.1) is 10.1 Å². The third-order valence-electron chi connectivity index (χ3n) is 6.54. The fourth-order valence-electron chi connectivity index (χ4n) is 3.94. The first-order chi connectivity index (χ1) is 28.0. The lowest BCUT2D eigenvalue weighted by Gasteiger charge is -2.11. The van der Waals surface area contributed by atoms with E-state index in [4.69, 9.17) is 52.3 Å². The molecule has 0 unspecified atom stereocenters. The van der Waals surface area contributed by atoms with Gasteiger partial charge < -0.3 is 33.8 Å². The summed E-state index contributed by atoms with van der Waals surface area (Å²) in [6, 6.07) is 10.8. The molecule has 0 aliphatic rings. The molecular weight excluding hydrogens is 908 g/mol. The molecule has 0 aliphatic carbocycles. The standard InChI is InChI=1S/C14H9Cl2NO5.C14H17N5O7S2.C3H8NO5P/c1-21-14(18)10-7-9(3-4-12(10)17(19)20)22-13-5-2-8(15)6-11(13)16;1-4-27(21,22)9-6-5-7-15-12(9)28(23,24)19-14(20)18-13-16-10(25-2)8-11(17-13)26-3;5-3(6)1-4-2-10(7,8)9/h2-7H,1H3;5-8H,4H2,1-3H3,(H2,16,17,18,19,20);4H,1-2H2,(H,5,6)(H2,7,8,9). The first-order valence-electron chi connectivity index (χ1n) is 15.9. The van der Waals surface area contributed by atoms with E-state index in [-0.39, 0.29) is 45.5 Å². The molecule has 0 saturated heterocycles. The lowest BCUT2D eigenvalue weighted by atomic mass is 10.1. The number of carboxylic acid groups (broad SMARTS) is 1. The number of anilines is 1. The smallest absolute Gasteiger partial charge is 0.345 e. The Morgan fingerprint density at radius 3 is 2.10 bits per heavy atom. The minimum absolute atomic E-state index is 0.0612. The van der Waals surface area contributed by atoms with Crippen LogP contribution in [0.15, 0.2) is 70.7 Å². The summed E-state index contributed by atoms with van der Waals surface area (Å²) in [4.78, 5) is 70.8. The average molecular weight is 943 g/mol. The summed E-state index contributed by atoms with van der Waals surface area (Å²) < 4.78 is 80.8. The number of carbonyl (C=O) groups excluding carboxylic acids is 2. The van der Waals surface area contributed by atoms with Gasteiger partial charge in [0.1, 0.15) is 22.0 Å². The number of carboxylic acids is 1. The van der Waals surface area contributed by atoms with Crippen LogP contribution < -0.4 is 29.6 Å². The minimum atomic E-state index is -4.61. The highest BCUT2D eigenvalue weighted by atomic mass is 35.5. The first kappa shape index (κ1) is 50.4. The third-order valence-corrected chi connectivity index (χ3v) is 10.9. The number of nitro groups is 1. The van der Waals surface area contributed by atoms with E-state index in [1.165, 1.54) is 51.5 Å². The second kappa shape index (κ2) is 22.6. The van der Waals surface area contributed by atoms with Gasteiger partial charge in [-0.25, -0.2) is 27.7 Å². The van der Waals surface area contributed by atoms with Gasteiger partial charge in [0.05, 0.1) is 55.9 Å². The van der Waals surface area contributed by atoms with Crippen LogP contribution in [0.3, 0.4) is 0 Å². The fraction of sp³-hybridized carbons (Fsp3) is 0.226. The number of halogens is 2. The number of pyridine rings is 1. The maximum absolute atomic E-state index is 12.5. The van der Waals surface area contributed by atoms with Gasteiger partial charge in [0, 0.05) is 23.4 Å². The van der Waals surface area contributed by atoms with Crippen molar-refractivity contribution in [1.29, 1.82) is 0 Å². The number of methoxy groups -OCH3 is 3. The van der Waals surface area contributed by atoms with Crippen LogP contribution in [0.1, 0.15) is 17.3 Å². The molecule has 0 saturated carbocycles. The molecule has 29 heteroatoms. The van der Waals surface area contributed by atoms with Gasteiger partial charge in [-0.1, -0.05) is 30.1 Å². The van der Waals surface area contributed by atoms with E-state index < -0.39 is 73.1 Å². The number of urea groups is 1.